The van der Waals surface area contributed by atoms with Gasteiger partial charge in [-0.05, 0) is 37.0 Å². The number of carbonyl (C=O) groups is 1. The van der Waals surface area contributed by atoms with Crippen molar-refractivity contribution >= 4 is 5.97 Å². The number of methoxy groups -OCH3 is 1. The smallest absolute Gasteiger partial charge is 0.309 e. The molecule has 0 aliphatic carbocycles. The quantitative estimate of drug-likeness (QED) is 0.449. The van der Waals surface area contributed by atoms with Crippen molar-refractivity contribution in [2.45, 2.75) is 70.8 Å². The molecule has 2 atom stereocenters. The molecule has 1 fully saturated rings. The van der Waals surface area contributed by atoms with Crippen LogP contribution in [0.4, 0.5) is 0 Å². The van der Waals surface area contributed by atoms with Gasteiger partial charge in [0.25, 0.3) is 0 Å². The molecule has 0 spiro atoms. The number of cyclic esters (lactones) is 1. The van der Waals surface area contributed by atoms with Gasteiger partial charge in [0.15, 0.2) is 0 Å². The highest BCUT2D eigenvalue weighted by Crippen LogP contribution is 2.34. The molecule has 0 N–H and O–H groups in total. The van der Waals surface area contributed by atoms with Crippen LogP contribution < -0.4 is 4.74 Å². The third-order valence-corrected chi connectivity index (χ3v) is 4.76. The zero-order valence-electron chi connectivity index (χ0n) is 14.6. The second-order valence-electron chi connectivity index (χ2n) is 6.53. The summed E-state index contributed by atoms with van der Waals surface area (Å²) in [7, 11) is 1.66. The highest BCUT2D eigenvalue weighted by molar-refractivity contribution is 5.73. The zero-order chi connectivity index (χ0) is 16.5. The predicted octanol–water partition coefficient (Wildman–Crippen LogP) is 5.44. The molecule has 1 aromatic rings. The van der Waals surface area contributed by atoms with Gasteiger partial charge in [-0.2, -0.15) is 0 Å². The topological polar surface area (TPSA) is 35.5 Å². The molecule has 0 aromatic heterocycles. The minimum atomic E-state index is -0.0887. The van der Waals surface area contributed by atoms with E-state index in [1.165, 1.54) is 32.1 Å². The van der Waals surface area contributed by atoms with Gasteiger partial charge in [0, 0.05) is 0 Å². The first kappa shape index (κ1) is 17.8. The van der Waals surface area contributed by atoms with E-state index >= 15 is 0 Å². The van der Waals surface area contributed by atoms with Crippen molar-refractivity contribution in [1.82, 2.24) is 0 Å². The average Bonchev–Trinajstić information content (AvgIpc) is 2.59. The average molecular weight is 318 g/mol. The van der Waals surface area contributed by atoms with E-state index in [0.717, 1.165) is 37.0 Å². The Morgan fingerprint density at radius 1 is 1.04 bits per heavy atom. The third-order valence-electron chi connectivity index (χ3n) is 4.76. The Morgan fingerprint density at radius 3 is 2.39 bits per heavy atom. The fraction of sp³-hybridized carbons (Fsp3) is 0.650. The number of hydrogen-bond donors (Lipinski definition) is 0. The Kier molecular flexibility index (Phi) is 7.44. The summed E-state index contributed by atoms with van der Waals surface area (Å²) in [5.41, 5.74) is 1.07. The Labute approximate surface area is 140 Å². The monoisotopic (exact) mass is 318 g/mol. The zero-order valence-corrected chi connectivity index (χ0v) is 14.6. The van der Waals surface area contributed by atoms with Crippen LogP contribution in [-0.4, -0.2) is 13.1 Å². The molecule has 0 amide bonds. The summed E-state index contributed by atoms with van der Waals surface area (Å²) in [6.07, 6.45) is 10.4. The normalized spacial score (nSPS) is 21.0. The van der Waals surface area contributed by atoms with E-state index in [0.29, 0.717) is 0 Å². The lowest BCUT2D eigenvalue weighted by molar-refractivity contribution is -0.161. The molecule has 128 valence electrons. The number of carbonyl (C=O) groups excluding carboxylic acids is 1. The van der Waals surface area contributed by atoms with E-state index in [9.17, 15) is 4.79 Å². The van der Waals surface area contributed by atoms with Gasteiger partial charge in [-0.3, -0.25) is 4.79 Å². The minimum Gasteiger partial charge on any atom is -0.497 e. The molecule has 1 aliphatic heterocycles. The summed E-state index contributed by atoms with van der Waals surface area (Å²) in [4.78, 5) is 12.2. The van der Waals surface area contributed by atoms with Crippen molar-refractivity contribution in [3.8, 4) is 5.75 Å². The van der Waals surface area contributed by atoms with Crippen LogP contribution in [0.3, 0.4) is 0 Å². The van der Waals surface area contributed by atoms with Crippen LogP contribution in [0, 0.1) is 5.92 Å². The van der Waals surface area contributed by atoms with Crippen molar-refractivity contribution < 1.29 is 14.3 Å². The highest BCUT2D eigenvalue weighted by Gasteiger charge is 2.30. The number of unbranched alkanes of at least 4 members (excludes halogenated alkanes) is 5. The van der Waals surface area contributed by atoms with E-state index in [-0.39, 0.29) is 18.0 Å². The van der Waals surface area contributed by atoms with Gasteiger partial charge in [0.2, 0.25) is 0 Å². The predicted molar refractivity (Wildman–Crippen MR) is 92.5 cm³/mol. The minimum absolute atomic E-state index is 0.00868. The summed E-state index contributed by atoms with van der Waals surface area (Å²) >= 11 is 0. The van der Waals surface area contributed by atoms with E-state index < -0.39 is 0 Å². The summed E-state index contributed by atoms with van der Waals surface area (Å²) in [6.45, 7) is 2.23. The molecular weight excluding hydrogens is 288 g/mol. The van der Waals surface area contributed by atoms with Crippen LogP contribution in [0.1, 0.15) is 76.4 Å². The summed E-state index contributed by atoms with van der Waals surface area (Å²) in [5, 5.41) is 0. The van der Waals surface area contributed by atoms with Gasteiger partial charge in [0.1, 0.15) is 11.9 Å². The lowest BCUT2D eigenvalue weighted by Crippen LogP contribution is -2.26. The molecule has 1 aromatic carbocycles. The molecule has 3 nitrogen and oxygen atoms in total. The second-order valence-corrected chi connectivity index (χ2v) is 6.53. The van der Waals surface area contributed by atoms with Crippen LogP contribution >= 0.6 is 0 Å². The van der Waals surface area contributed by atoms with E-state index in [1.54, 1.807) is 7.11 Å². The molecule has 0 saturated carbocycles. The van der Waals surface area contributed by atoms with Gasteiger partial charge >= 0.3 is 5.97 Å². The Hall–Kier alpha value is -1.51. The first-order valence-electron chi connectivity index (χ1n) is 9.09. The number of rotatable bonds is 9. The molecule has 1 heterocycles. The van der Waals surface area contributed by atoms with Gasteiger partial charge in [-0.1, -0.05) is 57.6 Å². The Bertz CT molecular complexity index is 466. The van der Waals surface area contributed by atoms with Crippen LogP contribution in [0.25, 0.3) is 0 Å². The number of hydrogen-bond acceptors (Lipinski definition) is 3. The van der Waals surface area contributed by atoms with Crippen LogP contribution in [0.5, 0.6) is 5.75 Å². The fourth-order valence-corrected chi connectivity index (χ4v) is 3.25. The summed E-state index contributed by atoms with van der Waals surface area (Å²) in [6, 6.07) is 7.83. The number of esters is 1. The van der Waals surface area contributed by atoms with Gasteiger partial charge in [-0.25, -0.2) is 0 Å². The molecule has 0 bridgehead atoms. The first-order chi connectivity index (χ1) is 11.2. The summed E-state index contributed by atoms with van der Waals surface area (Å²) < 4.78 is 10.8. The number of ether oxygens (including phenoxy) is 2. The standard InChI is InChI=1S/C20H30O3/c1-3-4-5-6-7-8-9-17-12-15-19(23-20(17)21)16-10-13-18(22-2)14-11-16/h10-11,13-14,17,19H,3-9,12,15H2,1-2H3. The Balaban J connectivity index is 1.72. The molecule has 1 saturated heterocycles. The fourth-order valence-electron chi connectivity index (χ4n) is 3.25. The Morgan fingerprint density at radius 2 is 1.74 bits per heavy atom. The maximum absolute atomic E-state index is 12.2. The molecule has 0 radical (unpaired) electrons. The largest absolute Gasteiger partial charge is 0.497 e. The van der Waals surface area contributed by atoms with Gasteiger partial charge in [-0.15, -0.1) is 0 Å². The van der Waals surface area contributed by atoms with Crippen molar-refractivity contribution in [1.29, 1.82) is 0 Å². The van der Waals surface area contributed by atoms with E-state index in [4.69, 9.17) is 9.47 Å². The molecule has 23 heavy (non-hydrogen) atoms. The molecule has 2 rings (SSSR count). The van der Waals surface area contributed by atoms with Crippen molar-refractivity contribution in [3.63, 3.8) is 0 Å². The highest BCUT2D eigenvalue weighted by atomic mass is 16.5. The van der Waals surface area contributed by atoms with Gasteiger partial charge in [0.05, 0.1) is 13.0 Å². The van der Waals surface area contributed by atoms with Crippen LogP contribution in [0.2, 0.25) is 0 Å². The molecule has 2 unspecified atom stereocenters. The maximum Gasteiger partial charge on any atom is 0.309 e. The maximum atomic E-state index is 12.2. The number of benzene rings is 1. The van der Waals surface area contributed by atoms with Crippen LogP contribution in [0.15, 0.2) is 24.3 Å². The molecule has 1 aliphatic rings. The van der Waals surface area contributed by atoms with Crippen molar-refractivity contribution in [3.05, 3.63) is 29.8 Å². The molecular formula is C20H30O3. The SMILES string of the molecule is CCCCCCCCC1CCC(c2ccc(OC)cc2)OC1=O. The first-order valence-corrected chi connectivity index (χ1v) is 9.09. The van der Waals surface area contributed by atoms with Crippen LogP contribution in [-0.2, 0) is 9.53 Å². The van der Waals surface area contributed by atoms with E-state index in [2.05, 4.69) is 6.92 Å². The summed E-state index contributed by atoms with van der Waals surface area (Å²) in [5.74, 6) is 0.929. The van der Waals surface area contributed by atoms with Gasteiger partial charge < -0.3 is 9.47 Å². The lowest BCUT2D eigenvalue weighted by atomic mass is 9.90. The molecule has 3 heteroatoms. The van der Waals surface area contributed by atoms with Crippen molar-refractivity contribution in [2.75, 3.05) is 7.11 Å². The van der Waals surface area contributed by atoms with E-state index in [1.807, 2.05) is 24.3 Å². The van der Waals surface area contributed by atoms with Crippen molar-refractivity contribution in [2.24, 2.45) is 5.92 Å². The third kappa shape index (κ3) is 5.56. The second kappa shape index (κ2) is 9.59. The lowest BCUT2D eigenvalue weighted by Gasteiger charge is -2.28.